The van der Waals surface area contributed by atoms with E-state index in [1.165, 1.54) is 26.0 Å². The molecule has 0 aliphatic heterocycles. The number of esters is 2. The Labute approximate surface area is 201 Å². The first-order valence-electron chi connectivity index (χ1n) is 10.7. The molecule has 0 spiro atoms. The molecule has 0 saturated carbocycles. The molecule has 184 valence electrons. The highest BCUT2D eigenvalue weighted by Gasteiger charge is 2.20. The van der Waals surface area contributed by atoms with Crippen molar-refractivity contribution in [2.45, 2.75) is 27.3 Å². The van der Waals surface area contributed by atoms with Crippen LogP contribution in [0.5, 0.6) is 5.88 Å². The van der Waals surface area contributed by atoms with Gasteiger partial charge in [-0.25, -0.2) is 9.59 Å². The number of aromatic nitrogens is 1. The van der Waals surface area contributed by atoms with E-state index in [9.17, 15) is 24.8 Å². The first-order chi connectivity index (χ1) is 16.7. The topological polar surface area (TPSA) is 153 Å². The van der Waals surface area contributed by atoms with E-state index in [0.29, 0.717) is 6.61 Å². The van der Waals surface area contributed by atoms with Crippen LogP contribution in [0.3, 0.4) is 0 Å². The van der Waals surface area contributed by atoms with Crippen molar-refractivity contribution in [2.75, 3.05) is 26.4 Å². The second-order valence-corrected chi connectivity index (χ2v) is 7.21. The number of rotatable bonds is 11. The summed E-state index contributed by atoms with van der Waals surface area (Å²) in [5.74, 6) is -1.87. The Morgan fingerprint density at radius 3 is 2.54 bits per heavy atom. The minimum absolute atomic E-state index is 0.0600. The fraction of sp³-hybridized carbons (Fsp3) is 0.333. The first kappa shape index (κ1) is 26.9. The van der Waals surface area contributed by atoms with Crippen LogP contribution in [0, 0.1) is 18.3 Å². The normalized spacial score (nSPS) is 10.7. The molecule has 0 unspecified atom stereocenters. The smallest absolute Gasteiger partial charge is 0.340 e. The molecule has 1 aromatic heterocycles. The van der Waals surface area contributed by atoms with Crippen LogP contribution >= 0.6 is 0 Å². The zero-order valence-electron chi connectivity index (χ0n) is 19.7. The van der Waals surface area contributed by atoms with Crippen molar-refractivity contribution >= 4 is 23.3 Å². The number of pyridine rings is 1. The highest BCUT2D eigenvalue weighted by atomic mass is 16.6. The van der Waals surface area contributed by atoms with Crippen LogP contribution in [0.2, 0.25) is 0 Å². The average molecular weight is 482 g/mol. The molecule has 0 bridgehead atoms. The van der Waals surface area contributed by atoms with Crippen LogP contribution in [-0.4, -0.2) is 48.0 Å². The third-order valence-corrected chi connectivity index (χ3v) is 4.71. The van der Waals surface area contributed by atoms with Crippen molar-refractivity contribution in [1.29, 1.82) is 5.26 Å². The molecule has 0 amide bonds. The van der Waals surface area contributed by atoms with Crippen LogP contribution in [0.15, 0.2) is 51.4 Å². The molecule has 11 nitrogen and oxygen atoms in total. The fourth-order valence-electron chi connectivity index (χ4n) is 2.87. The van der Waals surface area contributed by atoms with Gasteiger partial charge in [-0.05, 0) is 32.9 Å². The Morgan fingerprint density at radius 2 is 1.89 bits per heavy atom. The Balaban J connectivity index is 2.38. The second-order valence-electron chi connectivity index (χ2n) is 7.21. The number of carbonyl (C=O) groups excluding carboxylic acids is 2. The van der Waals surface area contributed by atoms with Crippen LogP contribution in [0.25, 0.3) is 0 Å². The van der Waals surface area contributed by atoms with E-state index >= 15 is 0 Å². The summed E-state index contributed by atoms with van der Waals surface area (Å²) in [6.45, 7) is 8.52. The second kappa shape index (κ2) is 12.8. The van der Waals surface area contributed by atoms with Crippen LogP contribution in [0.4, 0.5) is 11.4 Å². The zero-order chi connectivity index (χ0) is 26.0. The van der Waals surface area contributed by atoms with Gasteiger partial charge in [0.05, 0.1) is 18.7 Å². The van der Waals surface area contributed by atoms with Crippen molar-refractivity contribution in [2.24, 2.45) is 10.2 Å². The molecule has 0 aliphatic carbocycles. The van der Waals surface area contributed by atoms with Crippen molar-refractivity contribution in [3.8, 4) is 11.9 Å². The maximum absolute atomic E-state index is 12.6. The van der Waals surface area contributed by atoms with E-state index in [0.717, 1.165) is 4.57 Å². The van der Waals surface area contributed by atoms with Gasteiger partial charge in [-0.3, -0.25) is 9.36 Å². The van der Waals surface area contributed by atoms with Gasteiger partial charge >= 0.3 is 11.9 Å². The molecule has 11 heteroatoms. The Morgan fingerprint density at radius 1 is 1.17 bits per heavy atom. The largest absolute Gasteiger partial charge is 0.493 e. The molecule has 0 fully saturated rings. The summed E-state index contributed by atoms with van der Waals surface area (Å²) in [7, 11) is 0. The Kier molecular flexibility index (Phi) is 9.86. The van der Waals surface area contributed by atoms with Crippen molar-refractivity contribution in [3.63, 3.8) is 0 Å². The van der Waals surface area contributed by atoms with Gasteiger partial charge in [0.25, 0.3) is 5.56 Å². The summed E-state index contributed by atoms with van der Waals surface area (Å²) < 4.78 is 16.1. The van der Waals surface area contributed by atoms with E-state index in [1.807, 2.05) is 6.92 Å². The summed E-state index contributed by atoms with van der Waals surface area (Å²) in [6, 6.07) is 8.08. The third kappa shape index (κ3) is 6.84. The minimum Gasteiger partial charge on any atom is -0.493 e. The summed E-state index contributed by atoms with van der Waals surface area (Å²) in [5, 5.41) is 28.2. The first-order valence-corrected chi connectivity index (χ1v) is 10.7. The standard InChI is InChI=1S/C24H26N4O7/c1-5-33-12-13-35-24(32)17-8-6-7-9-19(17)26-27-20-16(4)18(14-25)21(29)28(22(20)30)10-11-34-23(31)15(2)3/h6-9,30H,2,5,10-13H2,1,3-4H3/b27-26+. The van der Waals surface area contributed by atoms with Crippen molar-refractivity contribution in [3.05, 3.63) is 63.5 Å². The Hall–Kier alpha value is -4.30. The van der Waals surface area contributed by atoms with Gasteiger partial charge in [-0.15, -0.1) is 10.2 Å². The van der Waals surface area contributed by atoms with Crippen LogP contribution in [0.1, 0.15) is 35.3 Å². The van der Waals surface area contributed by atoms with Gasteiger partial charge in [0, 0.05) is 17.7 Å². The molecule has 2 rings (SSSR count). The number of ether oxygens (including phenoxy) is 3. The lowest BCUT2D eigenvalue weighted by Crippen LogP contribution is -2.26. The van der Waals surface area contributed by atoms with Gasteiger partial charge in [0.1, 0.15) is 30.5 Å². The molecule has 0 aliphatic rings. The predicted octanol–water partition coefficient (Wildman–Crippen LogP) is 3.46. The maximum Gasteiger partial charge on any atom is 0.340 e. The molecule has 0 saturated heterocycles. The lowest BCUT2D eigenvalue weighted by molar-refractivity contribution is -0.139. The van der Waals surface area contributed by atoms with Crippen molar-refractivity contribution in [1.82, 2.24) is 4.57 Å². The molecular weight excluding hydrogens is 456 g/mol. The van der Waals surface area contributed by atoms with Crippen molar-refractivity contribution < 1.29 is 28.9 Å². The SMILES string of the molecule is C=C(C)C(=O)OCCn1c(O)c(/N=N/c2ccccc2C(=O)OCCOCC)c(C)c(C#N)c1=O. The number of carbonyl (C=O) groups is 2. The summed E-state index contributed by atoms with van der Waals surface area (Å²) in [5.41, 5.74) is -0.618. The zero-order valence-corrected chi connectivity index (χ0v) is 19.7. The lowest BCUT2D eigenvalue weighted by Gasteiger charge is -2.13. The average Bonchev–Trinajstić information content (AvgIpc) is 2.84. The summed E-state index contributed by atoms with van der Waals surface area (Å²) >= 11 is 0. The predicted molar refractivity (Wildman–Crippen MR) is 125 cm³/mol. The highest BCUT2D eigenvalue weighted by Crippen LogP contribution is 2.33. The maximum atomic E-state index is 12.6. The molecule has 0 radical (unpaired) electrons. The molecule has 1 heterocycles. The third-order valence-electron chi connectivity index (χ3n) is 4.71. The van der Waals surface area contributed by atoms with E-state index in [-0.39, 0.29) is 60.0 Å². The number of azo groups is 1. The number of aromatic hydroxyl groups is 1. The van der Waals surface area contributed by atoms with Gasteiger partial charge in [-0.2, -0.15) is 5.26 Å². The van der Waals surface area contributed by atoms with Gasteiger partial charge in [0.2, 0.25) is 5.88 Å². The molecule has 0 atom stereocenters. The van der Waals surface area contributed by atoms with Crippen LogP contribution in [-0.2, 0) is 25.5 Å². The summed E-state index contributed by atoms with van der Waals surface area (Å²) in [6.07, 6.45) is 0. The lowest BCUT2D eigenvalue weighted by atomic mass is 10.1. The quantitative estimate of drug-likeness (QED) is 0.221. The minimum atomic E-state index is -0.772. The molecule has 1 N–H and O–H groups in total. The van der Waals surface area contributed by atoms with E-state index in [4.69, 9.17) is 14.2 Å². The number of hydrogen-bond acceptors (Lipinski definition) is 10. The molecule has 2 aromatic rings. The molecular formula is C24H26N4O7. The van der Waals surface area contributed by atoms with Crippen LogP contribution < -0.4 is 5.56 Å². The van der Waals surface area contributed by atoms with Gasteiger partial charge in [-0.1, -0.05) is 18.7 Å². The van der Waals surface area contributed by atoms with Gasteiger partial charge < -0.3 is 19.3 Å². The number of hydrogen-bond donors (Lipinski definition) is 1. The molecule has 35 heavy (non-hydrogen) atoms. The van der Waals surface area contributed by atoms with E-state index in [1.54, 1.807) is 18.2 Å². The number of nitrogens with zero attached hydrogens (tertiary/aromatic N) is 4. The van der Waals surface area contributed by atoms with Gasteiger partial charge in [0.15, 0.2) is 5.69 Å². The molecule has 1 aromatic carbocycles. The monoisotopic (exact) mass is 482 g/mol. The summed E-state index contributed by atoms with van der Waals surface area (Å²) in [4.78, 5) is 36.7. The number of benzene rings is 1. The van der Waals surface area contributed by atoms with E-state index in [2.05, 4.69) is 16.8 Å². The Bertz CT molecular complexity index is 1240. The highest BCUT2D eigenvalue weighted by molar-refractivity contribution is 5.94. The van der Waals surface area contributed by atoms with E-state index < -0.39 is 23.4 Å². The fourth-order valence-corrected chi connectivity index (χ4v) is 2.87. The number of nitriles is 1.